The van der Waals surface area contributed by atoms with Gasteiger partial charge in [-0.1, -0.05) is 26.8 Å². The van der Waals surface area contributed by atoms with E-state index in [0.29, 0.717) is 16.6 Å². The molecular formula is C27H30N4O3. The third-order valence-electron chi connectivity index (χ3n) is 6.70. The zero-order chi connectivity index (χ0) is 24.9. The number of rotatable bonds is 5. The van der Waals surface area contributed by atoms with E-state index in [4.69, 9.17) is 0 Å². The average Bonchev–Trinajstić information content (AvgIpc) is 3.28. The highest BCUT2D eigenvalue weighted by Gasteiger charge is 2.33. The van der Waals surface area contributed by atoms with Gasteiger partial charge in [-0.3, -0.25) is 13.9 Å². The molecule has 4 aromatic rings. The number of nitrogens with zero attached hydrogens (tertiary/aromatic N) is 3. The van der Waals surface area contributed by atoms with Crippen LogP contribution in [0.3, 0.4) is 0 Å². The molecule has 2 N–H and O–H groups in total. The van der Waals surface area contributed by atoms with Crippen LogP contribution >= 0.6 is 0 Å². The average molecular weight is 459 g/mol. The molecule has 0 aliphatic rings. The van der Waals surface area contributed by atoms with E-state index < -0.39 is 17.4 Å². The summed E-state index contributed by atoms with van der Waals surface area (Å²) in [4.78, 5) is 29.1. The lowest BCUT2D eigenvalue weighted by Crippen LogP contribution is -2.36. The minimum Gasteiger partial charge on any atom is -0.481 e. The molecule has 0 radical (unpaired) electrons. The SMILES string of the molecule is Cc1cc(C)c2c(C(C)n3c(=O)n(C(CC(=O)O)C(C)(C)C)c4cc(C#N)ccc43)c[nH]c2c1. The normalized spacial score (nSPS) is 13.8. The van der Waals surface area contributed by atoms with Crippen molar-refractivity contribution >= 4 is 27.9 Å². The second-order valence-corrected chi connectivity index (χ2v) is 10.2. The molecule has 2 heterocycles. The number of nitriles is 1. The van der Waals surface area contributed by atoms with Gasteiger partial charge in [-0.2, -0.15) is 5.26 Å². The van der Waals surface area contributed by atoms with Crippen LogP contribution in [0, 0.1) is 30.6 Å². The Morgan fingerprint density at radius 1 is 1.15 bits per heavy atom. The van der Waals surface area contributed by atoms with Gasteiger partial charge in [0.05, 0.1) is 41.2 Å². The monoisotopic (exact) mass is 458 g/mol. The van der Waals surface area contributed by atoms with Crippen LogP contribution in [0.4, 0.5) is 0 Å². The van der Waals surface area contributed by atoms with Gasteiger partial charge in [-0.05, 0) is 61.6 Å². The lowest BCUT2D eigenvalue weighted by Gasteiger charge is -2.30. The second-order valence-electron chi connectivity index (χ2n) is 10.2. The fourth-order valence-electron chi connectivity index (χ4n) is 5.10. The number of aromatic amines is 1. The molecule has 2 atom stereocenters. The quantitative estimate of drug-likeness (QED) is 0.415. The summed E-state index contributed by atoms with van der Waals surface area (Å²) in [7, 11) is 0. The van der Waals surface area contributed by atoms with Crippen LogP contribution in [-0.2, 0) is 4.79 Å². The van der Waals surface area contributed by atoms with E-state index in [1.54, 1.807) is 27.3 Å². The molecule has 7 heteroatoms. The first kappa shape index (κ1) is 23.4. The maximum Gasteiger partial charge on any atom is 0.329 e. The summed E-state index contributed by atoms with van der Waals surface area (Å²) in [6, 6.07) is 10.6. The largest absolute Gasteiger partial charge is 0.481 e. The van der Waals surface area contributed by atoms with E-state index in [0.717, 1.165) is 27.6 Å². The van der Waals surface area contributed by atoms with Gasteiger partial charge in [-0.15, -0.1) is 0 Å². The zero-order valence-corrected chi connectivity index (χ0v) is 20.4. The van der Waals surface area contributed by atoms with Crippen LogP contribution in [0.15, 0.2) is 41.3 Å². The van der Waals surface area contributed by atoms with Gasteiger partial charge in [0, 0.05) is 22.7 Å². The number of nitrogens with one attached hydrogen (secondary N) is 1. The van der Waals surface area contributed by atoms with Gasteiger partial charge in [-0.25, -0.2) is 4.79 Å². The molecule has 7 nitrogen and oxygen atoms in total. The first-order valence-corrected chi connectivity index (χ1v) is 11.4. The third-order valence-corrected chi connectivity index (χ3v) is 6.70. The predicted octanol–water partition coefficient (Wildman–Crippen LogP) is 5.44. The third kappa shape index (κ3) is 3.79. The zero-order valence-electron chi connectivity index (χ0n) is 20.4. The minimum absolute atomic E-state index is 0.195. The Hall–Kier alpha value is -3.79. The minimum atomic E-state index is -0.972. The molecule has 0 aliphatic carbocycles. The Morgan fingerprint density at radius 3 is 2.47 bits per heavy atom. The molecule has 176 valence electrons. The Bertz CT molecular complexity index is 1520. The summed E-state index contributed by atoms with van der Waals surface area (Å²) < 4.78 is 3.30. The van der Waals surface area contributed by atoms with Gasteiger partial charge >= 0.3 is 11.7 Å². The van der Waals surface area contributed by atoms with Crippen molar-refractivity contribution in [2.24, 2.45) is 5.41 Å². The number of imidazole rings is 1. The van der Waals surface area contributed by atoms with Crippen molar-refractivity contribution in [3.05, 3.63) is 69.3 Å². The molecule has 2 aromatic carbocycles. The molecule has 34 heavy (non-hydrogen) atoms. The van der Waals surface area contributed by atoms with E-state index in [-0.39, 0.29) is 18.2 Å². The molecule has 4 rings (SSSR count). The summed E-state index contributed by atoms with van der Waals surface area (Å²) >= 11 is 0. The van der Waals surface area contributed by atoms with E-state index in [9.17, 15) is 20.0 Å². The van der Waals surface area contributed by atoms with E-state index in [2.05, 4.69) is 37.0 Å². The Balaban J connectivity index is 2.03. The molecule has 0 amide bonds. The number of carbonyl (C=O) groups is 1. The van der Waals surface area contributed by atoms with Crippen molar-refractivity contribution < 1.29 is 9.90 Å². The molecule has 0 saturated carbocycles. The van der Waals surface area contributed by atoms with E-state index in [1.807, 2.05) is 33.9 Å². The number of aliphatic carboxylic acids is 1. The molecule has 0 bridgehead atoms. The molecule has 2 unspecified atom stereocenters. The number of carboxylic acids is 1. The summed E-state index contributed by atoms with van der Waals surface area (Å²) in [5, 5.41) is 20.2. The summed E-state index contributed by atoms with van der Waals surface area (Å²) in [5.41, 5.74) is 5.18. The molecular weight excluding hydrogens is 428 g/mol. The van der Waals surface area contributed by atoms with Crippen molar-refractivity contribution in [3.63, 3.8) is 0 Å². The van der Waals surface area contributed by atoms with Gasteiger partial charge < -0.3 is 10.1 Å². The summed E-state index contributed by atoms with van der Waals surface area (Å²) in [5.74, 6) is -0.972. The van der Waals surface area contributed by atoms with Gasteiger partial charge in [0.25, 0.3) is 0 Å². The number of carboxylic acid groups (broad SMARTS) is 1. The highest BCUT2D eigenvalue weighted by molar-refractivity contribution is 5.88. The smallest absolute Gasteiger partial charge is 0.329 e. The Morgan fingerprint density at radius 2 is 1.85 bits per heavy atom. The molecule has 0 saturated heterocycles. The van der Waals surface area contributed by atoms with Crippen molar-refractivity contribution in [3.8, 4) is 6.07 Å². The lowest BCUT2D eigenvalue weighted by atomic mass is 9.84. The van der Waals surface area contributed by atoms with Crippen molar-refractivity contribution in [1.29, 1.82) is 5.26 Å². The number of hydrogen-bond acceptors (Lipinski definition) is 3. The highest BCUT2D eigenvalue weighted by atomic mass is 16.4. The maximum absolute atomic E-state index is 14.0. The van der Waals surface area contributed by atoms with Crippen LogP contribution in [0.1, 0.15) is 68.5 Å². The fourth-order valence-corrected chi connectivity index (χ4v) is 5.10. The number of fused-ring (bicyclic) bond motifs is 2. The van der Waals surface area contributed by atoms with Crippen LogP contribution in [0.5, 0.6) is 0 Å². The molecule has 0 spiro atoms. The van der Waals surface area contributed by atoms with Crippen LogP contribution in [0.25, 0.3) is 21.9 Å². The molecule has 0 fully saturated rings. The van der Waals surface area contributed by atoms with Crippen molar-refractivity contribution in [2.75, 3.05) is 0 Å². The topological polar surface area (TPSA) is 104 Å². The highest BCUT2D eigenvalue weighted by Crippen LogP contribution is 2.37. The van der Waals surface area contributed by atoms with Crippen molar-refractivity contribution in [2.45, 2.75) is 60.0 Å². The number of aromatic nitrogens is 3. The molecule has 2 aromatic heterocycles. The van der Waals surface area contributed by atoms with Crippen LogP contribution < -0.4 is 5.69 Å². The second kappa shape index (κ2) is 8.21. The van der Waals surface area contributed by atoms with Gasteiger partial charge in [0.15, 0.2) is 0 Å². The van der Waals surface area contributed by atoms with Gasteiger partial charge in [0.2, 0.25) is 0 Å². The van der Waals surface area contributed by atoms with Gasteiger partial charge in [0.1, 0.15) is 0 Å². The fraction of sp³-hybridized carbons (Fsp3) is 0.370. The van der Waals surface area contributed by atoms with E-state index >= 15 is 0 Å². The Kier molecular flexibility index (Phi) is 5.64. The number of benzene rings is 2. The first-order valence-electron chi connectivity index (χ1n) is 11.4. The predicted molar refractivity (Wildman–Crippen MR) is 133 cm³/mol. The van der Waals surface area contributed by atoms with Crippen LogP contribution in [0.2, 0.25) is 0 Å². The standard InChI is InChI=1S/C27H30N4O3/c1-15-9-16(2)25-19(14-29-20(25)10-15)17(3)30-21-8-7-18(13-28)11-22(21)31(26(30)34)23(12-24(32)33)27(4,5)6/h7-11,14,17,23,29H,12H2,1-6H3,(H,32,33). The number of hydrogen-bond donors (Lipinski definition) is 2. The Labute approximate surface area is 198 Å². The molecule has 0 aliphatic heterocycles. The number of aryl methyl sites for hydroxylation is 2. The first-order chi connectivity index (χ1) is 15.9. The van der Waals surface area contributed by atoms with Crippen LogP contribution in [-0.4, -0.2) is 25.2 Å². The van der Waals surface area contributed by atoms with Crippen molar-refractivity contribution in [1.82, 2.24) is 14.1 Å². The lowest BCUT2D eigenvalue weighted by molar-refractivity contribution is -0.138. The maximum atomic E-state index is 14.0. The number of H-pyrrole nitrogens is 1. The summed E-state index contributed by atoms with van der Waals surface area (Å²) in [6.45, 7) is 11.9. The van der Waals surface area contributed by atoms with E-state index in [1.165, 1.54) is 0 Å². The summed E-state index contributed by atoms with van der Waals surface area (Å²) in [6.07, 6.45) is 1.75.